The Labute approximate surface area is 187 Å². The van der Waals surface area contributed by atoms with Crippen molar-refractivity contribution in [3.63, 3.8) is 0 Å². The molecule has 3 aromatic rings. The van der Waals surface area contributed by atoms with Crippen molar-refractivity contribution >= 4 is 21.6 Å². The number of nitrogens with zero attached hydrogens (tertiary/aromatic N) is 6. The number of carbonyl (C=O) groups excluding carboxylic acids is 1. The van der Waals surface area contributed by atoms with Crippen molar-refractivity contribution in [3.05, 3.63) is 59.4 Å². The van der Waals surface area contributed by atoms with Crippen LogP contribution in [-0.2, 0) is 16.4 Å². The fraction of sp³-hybridized carbons (Fsp3) is 0.364. The minimum absolute atomic E-state index is 0.114. The van der Waals surface area contributed by atoms with Crippen LogP contribution in [0.25, 0.3) is 5.69 Å². The van der Waals surface area contributed by atoms with Crippen LogP contribution >= 0.6 is 0 Å². The molecule has 0 N–H and O–H groups in total. The zero-order valence-corrected chi connectivity index (χ0v) is 19.2. The lowest BCUT2D eigenvalue weighted by Gasteiger charge is -2.30. The number of aromatic nitrogens is 4. The number of tetrazole rings is 1. The predicted octanol–water partition coefficient (Wildman–Crippen LogP) is 2.59. The highest BCUT2D eigenvalue weighted by atomic mass is 32.2. The van der Waals surface area contributed by atoms with Crippen molar-refractivity contribution in [1.82, 2.24) is 24.5 Å². The van der Waals surface area contributed by atoms with Gasteiger partial charge in [-0.2, -0.15) is 4.31 Å². The lowest BCUT2D eigenvalue weighted by Crippen LogP contribution is -2.36. The summed E-state index contributed by atoms with van der Waals surface area (Å²) >= 11 is 0. The van der Waals surface area contributed by atoms with Crippen LogP contribution in [0.3, 0.4) is 0 Å². The third-order valence-electron chi connectivity index (χ3n) is 5.80. The third-order valence-corrected chi connectivity index (χ3v) is 7.84. The van der Waals surface area contributed by atoms with E-state index in [0.717, 1.165) is 35.3 Å². The number of hydrogen-bond donors (Lipinski definition) is 0. The molecule has 0 saturated heterocycles. The molecule has 1 aliphatic rings. The molecule has 0 fully saturated rings. The van der Waals surface area contributed by atoms with Gasteiger partial charge in [0.1, 0.15) is 6.33 Å². The van der Waals surface area contributed by atoms with Gasteiger partial charge in [-0.05, 0) is 77.7 Å². The number of hydrogen-bond acceptors (Lipinski definition) is 6. The van der Waals surface area contributed by atoms with Gasteiger partial charge in [0.15, 0.2) is 0 Å². The second-order valence-electron chi connectivity index (χ2n) is 7.70. The third kappa shape index (κ3) is 3.91. The Hall–Kier alpha value is -3.11. The molecular weight excluding hydrogens is 428 g/mol. The Morgan fingerprint density at radius 1 is 1.09 bits per heavy atom. The second-order valence-corrected chi connectivity index (χ2v) is 9.63. The molecule has 2 heterocycles. The first-order chi connectivity index (χ1) is 15.4. The van der Waals surface area contributed by atoms with Crippen LogP contribution < -0.4 is 4.90 Å². The summed E-state index contributed by atoms with van der Waals surface area (Å²) in [5.41, 5.74) is 3.88. The highest BCUT2D eigenvalue weighted by Gasteiger charge is 2.27. The maximum Gasteiger partial charge on any atom is 0.258 e. The molecule has 0 bridgehead atoms. The molecule has 0 saturated carbocycles. The maximum atomic E-state index is 13.3. The van der Waals surface area contributed by atoms with Crippen LogP contribution in [0.1, 0.15) is 41.8 Å². The summed E-state index contributed by atoms with van der Waals surface area (Å²) in [6.45, 7) is 6.98. The van der Waals surface area contributed by atoms with Crippen LogP contribution in [0.15, 0.2) is 47.6 Å². The number of benzene rings is 2. The van der Waals surface area contributed by atoms with E-state index in [1.165, 1.54) is 10.6 Å². The Morgan fingerprint density at radius 2 is 1.84 bits per heavy atom. The zero-order valence-electron chi connectivity index (χ0n) is 18.4. The van der Waals surface area contributed by atoms with Gasteiger partial charge in [-0.15, -0.1) is 5.10 Å². The molecule has 0 aliphatic carbocycles. The Bertz CT molecular complexity index is 1240. The van der Waals surface area contributed by atoms with Crippen molar-refractivity contribution in [2.75, 3.05) is 24.5 Å². The number of sulfonamides is 1. The predicted molar refractivity (Wildman–Crippen MR) is 120 cm³/mol. The first-order valence-electron chi connectivity index (χ1n) is 10.7. The second kappa shape index (κ2) is 8.79. The SMILES string of the molecule is CCN(CC)S(=O)(=O)c1ccc2c(c1)CCCN2C(=O)c1ccc(-n2cnnn2)c(C)c1. The zero-order chi connectivity index (χ0) is 22.9. The van der Waals surface area contributed by atoms with Crippen molar-refractivity contribution < 1.29 is 13.2 Å². The Kier molecular flexibility index (Phi) is 6.07. The van der Waals surface area contributed by atoms with Gasteiger partial charge in [-0.1, -0.05) is 13.8 Å². The first-order valence-corrected chi connectivity index (χ1v) is 12.1. The average molecular weight is 455 g/mol. The van der Waals surface area contributed by atoms with E-state index in [0.29, 0.717) is 25.2 Å². The normalized spacial score (nSPS) is 13.9. The highest BCUT2D eigenvalue weighted by molar-refractivity contribution is 7.89. The molecule has 168 valence electrons. The molecule has 0 atom stereocenters. The molecule has 2 aromatic carbocycles. The molecule has 1 amide bonds. The Morgan fingerprint density at radius 3 is 2.50 bits per heavy atom. The molecule has 1 aromatic heterocycles. The van der Waals surface area contributed by atoms with E-state index in [1.54, 1.807) is 33.8 Å². The lowest BCUT2D eigenvalue weighted by atomic mass is 10.00. The molecule has 0 radical (unpaired) electrons. The van der Waals surface area contributed by atoms with Crippen LogP contribution in [-0.4, -0.2) is 58.5 Å². The average Bonchev–Trinajstić information content (AvgIpc) is 3.33. The maximum absolute atomic E-state index is 13.3. The van der Waals surface area contributed by atoms with E-state index in [4.69, 9.17) is 0 Å². The van der Waals surface area contributed by atoms with Crippen molar-refractivity contribution in [2.45, 2.75) is 38.5 Å². The molecular formula is C22H26N6O3S. The first kappa shape index (κ1) is 22.1. The van der Waals surface area contributed by atoms with Crippen molar-refractivity contribution in [2.24, 2.45) is 0 Å². The van der Waals surface area contributed by atoms with Crippen molar-refractivity contribution in [3.8, 4) is 5.69 Å². The van der Waals surface area contributed by atoms with E-state index in [1.807, 2.05) is 32.9 Å². The van der Waals surface area contributed by atoms with Gasteiger partial charge in [-0.3, -0.25) is 4.79 Å². The Balaban J connectivity index is 1.65. The topological polar surface area (TPSA) is 101 Å². The van der Waals surface area contributed by atoms with Crippen LogP contribution in [0.4, 0.5) is 5.69 Å². The molecule has 32 heavy (non-hydrogen) atoms. The van der Waals surface area contributed by atoms with Crippen molar-refractivity contribution in [1.29, 1.82) is 0 Å². The van der Waals surface area contributed by atoms with E-state index in [-0.39, 0.29) is 10.8 Å². The van der Waals surface area contributed by atoms with Crippen LogP contribution in [0.5, 0.6) is 0 Å². The number of carbonyl (C=O) groups is 1. The molecule has 1 aliphatic heterocycles. The van der Waals surface area contributed by atoms with E-state index >= 15 is 0 Å². The summed E-state index contributed by atoms with van der Waals surface area (Å²) in [5, 5.41) is 11.2. The summed E-state index contributed by atoms with van der Waals surface area (Å²) in [5.74, 6) is -0.114. The van der Waals surface area contributed by atoms with Gasteiger partial charge in [0.05, 0.1) is 10.6 Å². The van der Waals surface area contributed by atoms with Gasteiger partial charge < -0.3 is 4.90 Å². The number of anilines is 1. The van der Waals surface area contributed by atoms with Gasteiger partial charge in [0.25, 0.3) is 5.91 Å². The molecule has 10 heteroatoms. The molecule has 0 unspecified atom stereocenters. The molecule has 9 nitrogen and oxygen atoms in total. The summed E-state index contributed by atoms with van der Waals surface area (Å²) in [6, 6.07) is 10.5. The number of rotatable bonds is 6. The number of amides is 1. The smallest absolute Gasteiger partial charge is 0.258 e. The highest BCUT2D eigenvalue weighted by Crippen LogP contribution is 2.32. The fourth-order valence-corrected chi connectivity index (χ4v) is 5.64. The van der Waals surface area contributed by atoms with E-state index in [9.17, 15) is 13.2 Å². The lowest BCUT2D eigenvalue weighted by molar-refractivity contribution is 0.0985. The summed E-state index contributed by atoms with van der Waals surface area (Å²) < 4.78 is 28.8. The standard InChI is InChI=1S/C22H26N6O3S/c1-4-26(5-2)32(30,31)19-9-11-21-17(14-19)7-6-12-27(21)22(29)18-8-10-20(16(3)13-18)28-15-23-24-25-28/h8-11,13-15H,4-7,12H2,1-3H3. The minimum Gasteiger partial charge on any atom is -0.308 e. The monoisotopic (exact) mass is 454 g/mol. The minimum atomic E-state index is -3.55. The van der Waals surface area contributed by atoms with E-state index in [2.05, 4.69) is 15.5 Å². The number of aryl methyl sites for hydroxylation is 2. The van der Waals surface area contributed by atoms with Gasteiger partial charge in [-0.25, -0.2) is 13.1 Å². The summed E-state index contributed by atoms with van der Waals surface area (Å²) in [4.78, 5) is 15.4. The molecule has 4 rings (SSSR count). The van der Waals surface area contributed by atoms with Gasteiger partial charge in [0, 0.05) is 30.9 Å². The number of fused-ring (bicyclic) bond motifs is 1. The van der Waals surface area contributed by atoms with Gasteiger partial charge in [0.2, 0.25) is 10.0 Å². The van der Waals surface area contributed by atoms with E-state index < -0.39 is 10.0 Å². The summed E-state index contributed by atoms with van der Waals surface area (Å²) in [6.07, 6.45) is 3.02. The summed E-state index contributed by atoms with van der Waals surface area (Å²) in [7, 11) is -3.55. The van der Waals surface area contributed by atoms with Crippen LogP contribution in [0, 0.1) is 6.92 Å². The van der Waals surface area contributed by atoms with Crippen LogP contribution in [0.2, 0.25) is 0 Å². The quantitative estimate of drug-likeness (QED) is 0.567. The molecule has 0 spiro atoms. The van der Waals surface area contributed by atoms with Gasteiger partial charge >= 0.3 is 0 Å². The largest absolute Gasteiger partial charge is 0.308 e. The fourth-order valence-electron chi connectivity index (χ4n) is 4.13.